The van der Waals surface area contributed by atoms with Crippen molar-refractivity contribution in [1.29, 1.82) is 0 Å². The molecule has 0 amide bonds. The summed E-state index contributed by atoms with van der Waals surface area (Å²) < 4.78 is 14.2. The highest BCUT2D eigenvalue weighted by Crippen LogP contribution is 2.29. The van der Waals surface area contributed by atoms with Crippen LogP contribution in [0.4, 0.5) is 10.1 Å². The van der Waals surface area contributed by atoms with E-state index < -0.39 is 0 Å². The highest BCUT2D eigenvalue weighted by Gasteiger charge is 2.11. The van der Waals surface area contributed by atoms with Crippen LogP contribution in [0.25, 0.3) is 0 Å². The van der Waals surface area contributed by atoms with Gasteiger partial charge in [0.2, 0.25) is 0 Å². The van der Waals surface area contributed by atoms with Gasteiger partial charge in [0.05, 0.1) is 11.7 Å². The number of hydrogen-bond acceptors (Lipinski definition) is 1. The van der Waals surface area contributed by atoms with E-state index in [1.54, 1.807) is 6.07 Å². The lowest BCUT2D eigenvalue weighted by atomic mass is 10.0. The third kappa shape index (κ3) is 3.57. The van der Waals surface area contributed by atoms with Gasteiger partial charge in [-0.2, -0.15) is 0 Å². The van der Waals surface area contributed by atoms with E-state index in [9.17, 15) is 4.39 Å². The fourth-order valence-electron chi connectivity index (χ4n) is 2.02. The molecule has 2 rings (SSSR count). The highest BCUT2D eigenvalue weighted by molar-refractivity contribution is 9.10. The lowest BCUT2D eigenvalue weighted by Gasteiger charge is -2.20. The van der Waals surface area contributed by atoms with Crippen LogP contribution in [0.15, 0.2) is 46.9 Å². The molecule has 0 aromatic heterocycles. The molecule has 19 heavy (non-hydrogen) atoms. The van der Waals surface area contributed by atoms with Crippen molar-refractivity contribution in [1.82, 2.24) is 0 Å². The normalized spacial score (nSPS) is 12.2. The van der Waals surface area contributed by atoms with Gasteiger partial charge in [0.1, 0.15) is 5.82 Å². The summed E-state index contributed by atoms with van der Waals surface area (Å²) in [6, 6.07) is 13.3. The van der Waals surface area contributed by atoms with Crippen LogP contribution in [-0.2, 0) is 0 Å². The number of hydrogen-bond donors (Lipinski definition) is 1. The van der Waals surface area contributed by atoms with Gasteiger partial charge in [-0.05, 0) is 53.0 Å². The summed E-state index contributed by atoms with van der Waals surface area (Å²) in [7, 11) is 0. The molecule has 1 nitrogen and oxygen atoms in total. The molecule has 0 bridgehead atoms. The van der Waals surface area contributed by atoms with Crippen molar-refractivity contribution in [2.45, 2.75) is 26.3 Å². The zero-order valence-electron chi connectivity index (χ0n) is 11.1. The molecular formula is C16H17BrFN. The van der Waals surface area contributed by atoms with Crippen LogP contribution in [-0.4, -0.2) is 0 Å². The van der Waals surface area contributed by atoms with Gasteiger partial charge >= 0.3 is 0 Å². The first-order valence-electron chi connectivity index (χ1n) is 6.38. The second-order valence-electron chi connectivity index (χ2n) is 4.64. The molecule has 0 aliphatic heterocycles. The minimum Gasteiger partial charge on any atom is -0.377 e. The molecule has 2 aromatic rings. The Balaban J connectivity index is 2.23. The second-order valence-corrected chi connectivity index (χ2v) is 5.49. The van der Waals surface area contributed by atoms with Crippen molar-refractivity contribution in [3.63, 3.8) is 0 Å². The van der Waals surface area contributed by atoms with E-state index in [4.69, 9.17) is 0 Å². The van der Waals surface area contributed by atoms with Crippen LogP contribution < -0.4 is 5.32 Å². The number of aryl methyl sites for hydroxylation is 1. The molecule has 3 heteroatoms. The lowest BCUT2D eigenvalue weighted by molar-refractivity contribution is 0.627. The van der Waals surface area contributed by atoms with Gasteiger partial charge in [-0.15, -0.1) is 0 Å². The summed E-state index contributed by atoms with van der Waals surface area (Å²) in [5, 5.41) is 3.39. The summed E-state index contributed by atoms with van der Waals surface area (Å²) in [6.45, 7) is 4.19. The molecule has 0 spiro atoms. The highest BCUT2D eigenvalue weighted by atomic mass is 79.9. The molecule has 1 atom stereocenters. The van der Waals surface area contributed by atoms with E-state index in [0.717, 1.165) is 16.6 Å². The zero-order valence-corrected chi connectivity index (χ0v) is 12.7. The summed E-state index contributed by atoms with van der Waals surface area (Å²) in [4.78, 5) is 0. The van der Waals surface area contributed by atoms with Crippen molar-refractivity contribution >= 4 is 21.6 Å². The van der Waals surface area contributed by atoms with Crippen LogP contribution in [0.1, 0.15) is 30.5 Å². The van der Waals surface area contributed by atoms with Crippen LogP contribution >= 0.6 is 15.9 Å². The first-order chi connectivity index (χ1) is 9.10. The Labute approximate surface area is 122 Å². The van der Waals surface area contributed by atoms with Gasteiger partial charge in [0, 0.05) is 4.47 Å². The number of rotatable bonds is 4. The average molecular weight is 322 g/mol. The summed E-state index contributed by atoms with van der Waals surface area (Å²) in [5.74, 6) is -0.232. The minimum atomic E-state index is -0.232. The smallest absolute Gasteiger partial charge is 0.125 e. The quantitative estimate of drug-likeness (QED) is 0.788. The Kier molecular flexibility index (Phi) is 4.59. The molecule has 0 fully saturated rings. The van der Waals surface area contributed by atoms with Gasteiger partial charge in [-0.25, -0.2) is 4.39 Å². The Morgan fingerprint density at radius 1 is 1.16 bits per heavy atom. The lowest BCUT2D eigenvalue weighted by Crippen LogP contribution is -2.10. The molecule has 0 saturated heterocycles. The van der Waals surface area contributed by atoms with E-state index in [1.807, 2.05) is 0 Å². The van der Waals surface area contributed by atoms with Gasteiger partial charge in [-0.3, -0.25) is 0 Å². The predicted molar refractivity (Wildman–Crippen MR) is 81.9 cm³/mol. The maximum absolute atomic E-state index is 13.3. The SMILES string of the molecule is CCC(Nc1cc(F)ccc1Br)c1ccc(C)cc1. The third-order valence-corrected chi connectivity index (χ3v) is 3.84. The maximum Gasteiger partial charge on any atom is 0.125 e. The maximum atomic E-state index is 13.3. The Morgan fingerprint density at radius 3 is 2.47 bits per heavy atom. The van der Waals surface area contributed by atoms with Gasteiger partial charge < -0.3 is 5.32 Å². The molecule has 0 saturated carbocycles. The van der Waals surface area contributed by atoms with E-state index in [1.165, 1.54) is 23.3 Å². The Hall–Kier alpha value is -1.35. The van der Waals surface area contributed by atoms with Crippen molar-refractivity contribution in [2.75, 3.05) is 5.32 Å². The molecule has 100 valence electrons. The molecule has 0 heterocycles. The fourth-order valence-corrected chi connectivity index (χ4v) is 2.38. The van der Waals surface area contributed by atoms with Crippen LogP contribution in [0, 0.1) is 12.7 Å². The van der Waals surface area contributed by atoms with Crippen LogP contribution in [0.3, 0.4) is 0 Å². The Bertz CT molecular complexity index is 551. The number of nitrogens with one attached hydrogen (secondary N) is 1. The predicted octanol–water partition coefficient (Wildman–Crippen LogP) is 5.46. The van der Waals surface area contributed by atoms with Gasteiger partial charge in [-0.1, -0.05) is 36.8 Å². The van der Waals surface area contributed by atoms with Gasteiger partial charge in [0.25, 0.3) is 0 Å². The fraction of sp³-hybridized carbons (Fsp3) is 0.250. The van der Waals surface area contributed by atoms with Crippen LogP contribution in [0.5, 0.6) is 0 Å². The number of anilines is 1. The molecule has 0 radical (unpaired) electrons. The second kappa shape index (κ2) is 6.20. The molecular weight excluding hydrogens is 305 g/mol. The summed E-state index contributed by atoms with van der Waals surface area (Å²) in [6.07, 6.45) is 0.937. The van der Waals surface area contributed by atoms with Crippen molar-refractivity contribution in [2.24, 2.45) is 0 Å². The largest absolute Gasteiger partial charge is 0.377 e. The minimum absolute atomic E-state index is 0.179. The molecule has 0 aliphatic rings. The molecule has 0 aliphatic carbocycles. The van der Waals surface area contributed by atoms with E-state index in [0.29, 0.717) is 0 Å². The first kappa shape index (κ1) is 14.1. The topological polar surface area (TPSA) is 12.0 Å². The standard InChI is InChI=1S/C16H17BrFN/c1-3-15(12-6-4-11(2)5-7-12)19-16-10-13(18)8-9-14(16)17/h4-10,15,19H,3H2,1-2H3. The monoisotopic (exact) mass is 321 g/mol. The van der Waals surface area contributed by atoms with E-state index in [-0.39, 0.29) is 11.9 Å². The summed E-state index contributed by atoms with van der Waals surface area (Å²) >= 11 is 3.44. The molecule has 2 aromatic carbocycles. The zero-order chi connectivity index (χ0) is 13.8. The van der Waals surface area contributed by atoms with Gasteiger partial charge in [0.15, 0.2) is 0 Å². The molecule has 1 N–H and O–H groups in total. The van der Waals surface area contributed by atoms with Crippen LogP contribution in [0.2, 0.25) is 0 Å². The third-order valence-electron chi connectivity index (χ3n) is 3.15. The average Bonchev–Trinajstić information content (AvgIpc) is 2.41. The van der Waals surface area contributed by atoms with E-state index >= 15 is 0 Å². The Morgan fingerprint density at radius 2 is 1.84 bits per heavy atom. The van der Waals surface area contributed by atoms with Crippen molar-refractivity contribution in [3.8, 4) is 0 Å². The number of halogens is 2. The summed E-state index contributed by atoms with van der Waals surface area (Å²) in [5.41, 5.74) is 3.24. The molecule has 1 unspecified atom stereocenters. The number of benzene rings is 2. The van der Waals surface area contributed by atoms with E-state index in [2.05, 4.69) is 59.4 Å². The van der Waals surface area contributed by atoms with Crippen molar-refractivity contribution < 1.29 is 4.39 Å². The van der Waals surface area contributed by atoms with Crippen molar-refractivity contribution in [3.05, 3.63) is 63.9 Å². The first-order valence-corrected chi connectivity index (χ1v) is 7.17.